The maximum Gasteiger partial charge on any atom is 0.227 e. The van der Waals surface area contributed by atoms with Crippen LogP contribution >= 0.6 is 23.5 Å². The van der Waals surface area contributed by atoms with Gasteiger partial charge in [0.2, 0.25) is 5.91 Å². The third-order valence-electron chi connectivity index (χ3n) is 3.29. The molecule has 3 nitrogen and oxygen atoms in total. The number of para-hydroxylation sites is 1. The number of aliphatic imine (C=N–C) groups is 1. The maximum atomic E-state index is 12.2. The minimum Gasteiger partial charge on any atom is -0.312 e. The lowest BCUT2D eigenvalue weighted by atomic mass is 10.2. The third-order valence-corrected chi connectivity index (χ3v) is 5.54. The Labute approximate surface area is 121 Å². The Morgan fingerprint density at radius 1 is 1.42 bits per heavy atom. The molecule has 0 atom stereocenters. The van der Waals surface area contributed by atoms with Crippen LogP contribution in [-0.4, -0.2) is 34.9 Å². The quantitative estimate of drug-likeness (QED) is 0.859. The Hall–Kier alpha value is -0.940. The molecular weight excluding hydrogens is 276 g/mol. The van der Waals surface area contributed by atoms with Crippen LogP contribution in [0.15, 0.2) is 29.3 Å². The van der Waals surface area contributed by atoms with Gasteiger partial charge in [0.15, 0.2) is 0 Å². The van der Waals surface area contributed by atoms with Crippen molar-refractivity contribution in [3.05, 3.63) is 29.8 Å². The van der Waals surface area contributed by atoms with E-state index in [-0.39, 0.29) is 5.91 Å². The van der Waals surface area contributed by atoms with Gasteiger partial charge in [0.1, 0.15) is 4.38 Å². The number of hydrogen-bond acceptors (Lipinski definition) is 4. The number of thioether (sulfide) groups is 2. The molecule has 0 N–H and O–H groups in total. The summed E-state index contributed by atoms with van der Waals surface area (Å²) in [4.78, 5) is 18.6. The number of fused-ring (bicyclic) bond motifs is 1. The van der Waals surface area contributed by atoms with Gasteiger partial charge in [0, 0.05) is 30.2 Å². The maximum absolute atomic E-state index is 12.2. The topological polar surface area (TPSA) is 32.7 Å². The molecule has 0 fully saturated rings. The normalized spacial score (nSPS) is 17.5. The summed E-state index contributed by atoms with van der Waals surface area (Å²) in [5.41, 5.74) is 2.39. The molecule has 2 aliphatic heterocycles. The van der Waals surface area contributed by atoms with E-state index < -0.39 is 0 Å². The summed E-state index contributed by atoms with van der Waals surface area (Å²) in [7, 11) is 0. The van der Waals surface area contributed by atoms with E-state index in [0.29, 0.717) is 6.42 Å². The Balaban J connectivity index is 1.54. The van der Waals surface area contributed by atoms with Crippen molar-refractivity contribution in [1.29, 1.82) is 0 Å². The van der Waals surface area contributed by atoms with Crippen LogP contribution in [0, 0.1) is 0 Å². The largest absolute Gasteiger partial charge is 0.312 e. The molecule has 3 rings (SSSR count). The van der Waals surface area contributed by atoms with E-state index in [9.17, 15) is 4.79 Å². The highest BCUT2D eigenvalue weighted by Gasteiger charge is 2.23. The fourth-order valence-electron chi connectivity index (χ4n) is 2.36. The Kier molecular flexibility index (Phi) is 4.13. The summed E-state index contributed by atoms with van der Waals surface area (Å²) in [6.45, 7) is 1.76. The van der Waals surface area contributed by atoms with Gasteiger partial charge < -0.3 is 4.90 Å². The molecule has 1 aromatic rings. The van der Waals surface area contributed by atoms with Crippen LogP contribution in [0.4, 0.5) is 5.69 Å². The van der Waals surface area contributed by atoms with Crippen LogP contribution in [0.25, 0.3) is 0 Å². The number of benzene rings is 1. The minimum absolute atomic E-state index is 0.237. The highest BCUT2D eigenvalue weighted by molar-refractivity contribution is 8.39. The van der Waals surface area contributed by atoms with Gasteiger partial charge in [-0.1, -0.05) is 41.7 Å². The number of carbonyl (C=O) groups excluding carboxylic acids is 1. The number of anilines is 1. The second-order valence-electron chi connectivity index (χ2n) is 4.52. The summed E-state index contributed by atoms with van der Waals surface area (Å²) >= 11 is 3.52. The molecule has 1 amide bonds. The van der Waals surface area contributed by atoms with Crippen LogP contribution in [0.5, 0.6) is 0 Å². The molecule has 0 aromatic heterocycles. The second-order valence-corrected chi connectivity index (χ2v) is 6.94. The summed E-state index contributed by atoms with van der Waals surface area (Å²) < 4.78 is 1.15. The lowest BCUT2D eigenvalue weighted by Crippen LogP contribution is -2.29. The molecule has 0 saturated heterocycles. The predicted molar refractivity (Wildman–Crippen MR) is 84.3 cm³/mol. The third kappa shape index (κ3) is 2.98. The van der Waals surface area contributed by atoms with E-state index >= 15 is 0 Å². The lowest BCUT2D eigenvalue weighted by Gasteiger charge is -2.17. The van der Waals surface area contributed by atoms with Crippen molar-refractivity contribution in [2.45, 2.75) is 12.8 Å². The monoisotopic (exact) mass is 292 g/mol. The van der Waals surface area contributed by atoms with Gasteiger partial charge in [-0.2, -0.15) is 0 Å². The second kappa shape index (κ2) is 6.01. The van der Waals surface area contributed by atoms with Gasteiger partial charge >= 0.3 is 0 Å². The molecule has 2 aliphatic rings. The first-order valence-corrected chi connectivity index (χ1v) is 8.50. The van der Waals surface area contributed by atoms with Gasteiger partial charge in [0.25, 0.3) is 0 Å². The smallest absolute Gasteiger partial charge is 0.227 e. The molecule has 100 valence electrons. The molecule has 5 heteroatoms. The van der Waals surface area contributed by atoms with E-state index in [2.05, 4.69) is 11.1 Å². The molecule has 0 bridgehead atoms. The van der Waals surface area contributed by atoms with Gasteiger partial charge in [-0.3, -0.25) is 9.79 Å². The molecule has 19 heavy (non-hydrogen) atoms. The van der Waals surface area contributed by atoms with Crippen molar-refractivity contribution in [3.63, 3.8) is 0 Å². The number of hydrogen-bond donors (Lipinski definition) is 0. The minimum atomic E-state index is 0.237. The summed E-state index contributed by atoms with van der Waals surface area (Å²) in [6.07, 6.45) is 1.58. The van der Waals surface area contributed by atoms with E-state index in [0.717, 1.165) is 41.1 Å². The van der Waals surface area contributed by atoms with Crippen molar-refractivity contribution in [2.75, 3.05) is 29.5 Å². The summed E-state index contributed by atoms with van der Waals surface area (Å²) in [5.74, 6) is 2.17. The first-order valence-electron chi connectivity index (χ1n) is 6.53. The Morgan fingerprint density at radius 3 is 3.16 bits per heavy atom. The number of amides is 1. The first-order chi connectivity index (χ1) is 9.34. The van der Waals surface area contributed by atoms with Crippen molar-refractivity contribution in [2.24, 2.45) is 4.99 Å². The summed E-state index contributed by atoms with van der Waals surface area (Å²) in [6, 6.07) is 8.20. The predicted octanol–water partition coefficient (Wildman–Crippen LogP) is 2.80. The number of rotatable bonds is 3. The van der Waals surface area contributed by atoms with Crippen LogP contribution in [0.2, 0.25) is 0 Å². The molecule has 0 saturated carbocycles. The molecular formula is C14H16N2OS2. The Bertz CT molecular complexity index is 516. The zero-order valence-corrected chi connectivity index (χ0v) is 12.3. The van der Waals surface area contributed by atoms with Crippen molar-refractivity contribution < 1.29 is 4.79 Å². The molecule has 0 radical (unpaired) electrons. The molecule has 1 aromatic carbocycles. The molecule has 0 aliphatic carbocycles. The van der Waals surface area contributed by atoms with E-state index in [4.69, 9.17) is 0 Å². The van der Waals surface area contributed by atoms with Gasteiger partial charge in [-0.25, -0.2) is 0 Å². The highest BCUT2D eigenvalue weighted by Crippen LogP contribution is 2.28. The van der Waals surface area contributed by atoms with Crippen molar-refractivity contribution in [3.8, 4) is 0 Å². The highest BCUT2D eigenvalue weighted by atomic mass is 32.2. The first kappa shape index (κ1) is 13.1. The lowest BCUT2D eigenvalue weighted by molar-refractivity contribution is -0.118. The standard InChI is InChI=1S/C14H16N2OS2/c17-13(6-9-18-14-15-7-10-19-14)16-8-5-11-3-1-2-4-12(11)16/h1-4H,5-10H2. The van der Waals surface area contributed by atoms with Crippen LogP contribution < -0.4 is 4.90 Å². The number of carbonyl (C=O) groups is 1. The van der Waals surface area contributed by atoms with Crippen molar-refractivity contribution >= 4 is 39.5 Å². The molecule has 0 spiro atoms. The molecule has 2 heterocycles. The van der Waals surface area contributed by atoms with E-state index in [1.165, 1.54) is 5.56 Å². The zero-order valence-electron chi connectivity index (χ0n) is 10.7. The average Bonchev–Trinajstić information content (AvgIpc) is 3.07. The van der Waals surface area contributed by atoms with Crippen LogP contribution in [-0.2, 0) is 11.2 Å². The van der Waals surface area contributed by atoms with Gasteiger partial charge in [0.05, 0.1) is 6.54 Å². The van der Waals surface area contributed by atoms with Crippen LogP contribution in [0.3, 0.4) is 0 Å². The number of nitrogens with zero attached hydrogens (tertiary/aromatic N) is 2. The van der Waals surface area contributed by atoms with E-state index in [1.54, 1.807) is 23.5 Å². The van der Waals surface area contributed by atoms with Crippen LogP contribution in [0.1, 0.15) is 12.0 Å². The summed E-state index contributed by atoms with van der Waals surface area (Å²) in [5, 5.41) is 0. The average molecular weight is 292 g/mol. The SMILES string of the molecule is O=C(CCSC1=NCCS1)N1CCc2ccccc21. The fourth-order valence-corrected chi connectivity index (χ4v) is 4.37. The van der Waals surface area contributed by atoms with E-state index in [1.807, 2.05) is 23.1 Å². The molecule has 0 unspecified atom stereocenters. The van der Waals surface area contributed by atoms with Gasteiger partial charge in [-0.05, 0) is 18.1 Å². The van der Waals surface area contributed by atoms with Gasteiger partial charge in [-0.15, -0.1) is 0 Å². The fraction of sp³-hybridized carbons (Fsp3) is 0.429. The Morgan fingerprint density at radius 2 is 2.32 bits per heavy atom. The van der Waals surface area contributed by atoms with Crippen molar-refractivity contribution in [1.82, 2.24) is 0 Å². The zero-order chi connectivity index (χ0) is 13.1.